The molecule has 0 radical (unpaired) electrons. The van der Waals surface area contributed by atoms with Crippen molar-refractivity contribution >= 4 is 5.97 Å². The lowest BCUT2D eigenvalue weighted by molar-refractivity contribution is -0.171. The van der Waals surface area contributed by atoms with Crippen molar-refractivity contribution in [2.75, 3.05) is 59.5 Å². The minimum absolute atomic E-state index is 0.133. The van der Waals surface area contributed by atoms with Crippen molar-refractivity contribution in [2.24, 2.45) is 11.3 Å². The first-order valence-corrected chi connectivity index (χ1v) is 9.24. The molecule has 26 heavy (non-hydrogen) atoms. The number of hydrogen-bond acceptors (Lipinski definition) is 6. The van der Waals surface area contributed by atoms with Crippen LogP contribution in [0.5, 0.6) is 0 Å². The van der Waals surface area contributed by atoms with Crippen molar-refractivity contribution in [1.82, 2.24) is 0 Å². The third-order valence-electron chi connectivity index (χ3n) is 4.91. The highest BCUT2D eigenvalue weighted by atomic mass is 16.6. The first-order valence-electron chi connectivity index (χ1n) is 9.24. The van der Waals surface area contributed by atoms with Gasteiger partial charge in [-0.2, -0.15) is 0 Å². The summed E-state index contributed by atoms with van der Waals surface area (Å²) in [6, 6.07) is 0. The molecule has 0 amide bonds. The van der Waals surface area contributed by atoms with Gasteiger partial charge in [-0.1, -0.05) is 5.92 Å². The number of terminal acetylenes is 1. The predicted molar refractivity (Wildman–Crippen MR) is 93.9 cm³/mol. The zero-order chi connectivity index (χ0) is 18.7. The van der Waals surface area contributed by atoms with Gasteiger partial charge < -0.3 is 28.8 Å². The molecule has 1 spiro atoms. The van der Waals surface area contributed by atoms with Crippen LogP contribution in [-0.4, -0.2) is 76.6 Å². The normalized spacial score (nSPS) is 26.9. The molecule has 148 valence electrons. The molecular weight excluding hydrogens is 340 g/mol. The van der Waals surface area contributed by atoms with E-state index in [1.54, 1.807) is 0 Å². The van der Waals surface area contributed by atoms with Crippen LogP contribution in [0.25, 0.3) is 0 Å². The maximum atomic E-state index is 10.8. The summed E-state index contributed by atoms with van der Waals surface area (Å²) < 4.78 is 27.0. The molecular formula is C19H30O7. The van der Waals surface area contributed by atoms with E-state index in [9.17, 15) is 4.79 Å². The number of carboxylic acid groups (broad SMARTS) is 1. The fourth-order valence-electron chi connectivity index (χ4n) is 3.58. The largest absolute Gasteiger partial charge is 0.481 e. The van der Waals surface area contributed by atoms with Crippen molar-refractivity contribution in [2.45, 2.75) is 31.8 Å². The van der Waals surface area contributed by atoms with Crippen LogP contribution in [0.15, 0.2) is 0 Å². The number of carboxylic acids is 1. The molecule has 2 saturated carbocycles. The van der Waals surface area contributed by atoms with E-state index in [0.29, 0.717) is 59.5 Å². The Morgan fingerprint density at radius 1 is 0.885 bits per heavy atom. The van der Waals surface area contributed by atoms with Crippen molar-refractivity contribution in [3.8, 4) is 12.3 Å². The molecule has 2 aliphatic rings. The summed E-state index contributed by atoms with van der Waals surface area (Å²) in [6.45, 7) is 4.55. The average molecular weight is 370 g/mol. The Hall–Kier alpha value is -1.17. The SMILES string of the molecule is C#CCOCCOCCOCCOCCOC1CC2(C1)CC(C(=O)O)C2. The van der Waals surface area contributed by atoms with Crippen LogP contribution in [0.3, 0.4) is 0 Å². The highest BCUT2D eigenvalue weighted by Gasteiger charge is 2.55. The van der Waals surface area contributed by atoms with Gasteiger partial charge in [0.15, 0.2) is 0 Å². The summed E-state index contributed by atoms with van der Waals surface area (Å²) >= 11 is 0. The molecule has 7 heteroatoms. The van der Waals surface area contributed by atoms with E-state index in [1.165, 1.54) is 0 Å². The number of aliphatic carboxylic acids is 1. The molecule has 7 nitrogen and oxygen atoms in total. The molecule has 2 rings (SSSR count). The molecule has 0 atom stereocenters. The smallest absolute Gasteiger partial charge is 0.306 e. The number of ether oxygens (including phenoxy) is 5. The highest BCUT2D eigenvalue weighted by Crippen LogP contribution is 2.59. The summed E-state index contributed by atoms with van der Waals surface area (Å²) in [4.78, 5) is 10.8. The van der Waals surface area contributed by atoms with Gasteiger partial charge in [-0.15, -0.1) is 6.42 Å². The van der Waals surface area contributed by atoms with Gasteiger partial charge in [0.25, 0.3) is 0 Å². The molecule has 0 unspecified atom stereocenters. The Balaban J connectivity index is 1.27. The summed E-state index contributed by atoms with van der Waals surface area (Å²) in [5, 5.41) is 8.92. The van der Waals surface area contributed by atoms with Crippen LogP contribution in [0.2, 0.25) is 0 Å². The molecule has 1 N–H and O–H groups in total. The summed E-state index contributed by atoms with van der Waals surface area (Å²) in [5.41, 5.74) is 0.262. The molecule has 0 aromatic carbocycles. The van der Waals surface area contributed by atoms with Gasteiger partial charge in [0.1, 0.15) is 6.61 Å². The molecule has 0 aliphatic heterocycles. The van der Waals surface area contributed by atoms with Crippen LogP contribution < -0.4 is 0 Å². The monoisotopic (exact) mass is 370 g/mol. The average Bonchev–Trinajstić information content (AvgIpc) is 2.54. The fourth-order valence-corrected chi connectivity index (χ4v) is 3.58. The molecule has 0 saturated heterocycles. The van der Waals surface area contributed by atoms with Gasteiger partial charge in [0, 0.05) is 0 Å². The lowest BCUT2D eigenvalue weighted by atomic mass is 9.50. The van der Waals surface area contributed by atoms with E-state index < -0.39 is 5.97 Å². The van der Waals surface area contributed by atoms with Crippen LogP contribution >= 0.6 is 0 Å². The maximum absolute atomic E-state index is 10.8. The second-order valence-electron chi connectivity index (χ2n) is 6.94. The Morgan fingerprint density at radius 3 is 1.88 bits per heavy atom. The van der Waals surface area contributed by atoms with Gasteiger partial charge in [0.05, 0.1) is 64.9 Å². The zero-order valence-corrected chi connectivity index (χ0v) is 15.3. The summed E-state index contributed by atoms with van der Waals surface area (Å²) in [7, 11) is 0. The Kier molecular flexibility index (Phi) is 9.37. The standard InChI is InChI=1S/C19H30O7/c1-2-3-22-4-5-23-6-7-24-8-9-25-10-11-26-17-14-19(15-17)12-16(13-19)18(20)21/h1,16-17H,3-15H2,(H,20,21). The summed E-state index contributed by atoms with van der Waals surface area (Å²) in [6.07, 6.45) is 8.94. The Labute approximate surface area is 155 Å². The fraction of sp³-hybridized carbons (Fsp3) is 0.842. The second kappa shape index (κ2) is 11.5. The first-order chi connectivity index (χ1) is 12.7. The van der Waals surface area contributed by atoms with E-state index in [0.717, 1.165) is 25.7 Å². The Morgan fingerprint density at radius 2 is 1.38 bits per heavy atom. The highest BCUT2D eigenvalue weighted by molar-refractivity contribution is 5.71. The van der Waals surface area contributed by atoms with Crippen LogP contribution in [-0.2, 0) is 28.5 Å². The van der Waals surface area contributed by atoms with E-state index in [1.807, 2.05) is 0 Å². The molecule has 2 aliphatic carbocycles. The number of hydrogen-bond donors (Lipinski definition) is 1. The van der Waals surface area contributed by atoms with Crippen molar-refractivity contribution in [3.63, 3.8) is 0 Å². The summed E-state index contributed by atoms with van der Waals surface area (Å²) in [5.74, 6) is 1.60. The minimum atomic E-state index is -0.656. The van der Waals surface area contributed by atoms with Gasteiger partial charge in [0.2, 0.25) is 0 Å². The zero-order valence-electron chi connectivity index (χ0n) is 15.3. The Bertz CT molecular complexity index is 445. The van der Waals surface area contributed by atoms with E-state index in [4.69, 9.17) is 35.2 Å². The van der Waals surface area contributed by atoms with Crippen LogP contribution in [0.1, 0.15) is 25.7 Å². The quantitative estimate of drug-likeness (QED) is 0.344. The van der Waals surface area contributed by atoms with Gasteiger partial charge in [-0.25, -0.2) is 0 Å². The predicted octanol–water partition coefficient (Wildman–Crippen LogP) is 1.35. The van der Waals surface area contributed by atoms with E-state index >= 15 is 0 Å². The molecule has 2 fully saturated rings. The molecule has 0 bridgehead atoms. The number of carbonyl (C=O) groups is 1. The van der Waals surface area contributed by atoms with E-state index in [-0.39, 0.29) is 17.4 Å². The van der Waals surface area contributed by atoms with Gasteiger partial charge in [-0.05, 0) is 31.1 Å². The topological polar surface area (TPSA) is 83.5 Å². The lowest BCUT2D eigenvalue weighted by Crippen LogP contribution is -2.52. The van der Waals surface area contributed by atoms with Gasteiger partial charge >= 0.3 is 5.97 Å². The first kappa shape index (κ1) is 21.1. The van der Waals surface area contributed by atoms with Gasteiger partial charge in [-0.3, -0.25) is 4.79 Å². The molecule has 0 aromatic heterocycles. The lowest BCUT2D eigenvalue weighted by Gasteiger charge is -2.56. The maximum Gasteiger partial charge on any atom is 0.306 e. The third kappa shape index (κ3) is 7.22. The minimum Gasteiger partial charge on any atom is -0.481 e. The van der Waals surface area contributed by atoms with E-state index in [2.05, 4.69) is 5.92 Å². The van der Waals surface area contributed by atoms with Crippen molar-refractivity contribution < 1.29 is 33.6 Å². The third-order valence-corrected chi connectivity index (χ3v) is 4.91. The van der Waals surface area contributed by atoms with Crippen LogP contribution in [0.4, 0.5) is 0 Å². The van der Waals surface area contributed by atoms with Crippen molar-refractivity contribution in [3.05, 3.63) is 0 Å². The molecule has 0 heterocycles. The molecule has 0 aromatic rings. The number of rotatable bonds is 15. The van der Waals surface area contributed by atoms with Crippen LogP contribution in [0, 0.1) is 23.7 Å². The second-order valence-corrected chi connectivity index (χ2v) is 6.94. The van der Waals surface area contributed by atoms with Crippen molar-refractivity contribution in [1.29, 1.82) is 0 Å².